The van der Waals surface area contributed by atoms with Crippen LogP contribution in [0.25, 0.3) is 10.9 Å². The van der Waals surface area contributed by atoms with Crippen LogP contribution in [0.5, 0.6) is 0 Å². The first-order valence-corrected chi connectivity index (χ1v) is 8.21. The molecule has 124 valence electrons. The fourth-order valence-electron chi connectivity index (χ4n) is 4.33. The molecule has 6 nitrogen and oxygen atoms in total. The molecule has 24 heavy (non-hydrogen) atoms. The van der Waals surface area contributed by atoms with Crippen LogP contribution < -0.4 is 10.7 Å². The Morgan fingerprint density at radius 2 is 2.00 bits per heavy atom. The van der Waals surface area contributed by atoms with Gasteiger partial charge in [-0.1, -0.05) is 18.9 Å². The van der Waals surface area contributed by atoms with E-state index in [-0.39, 0.29) is 17.5 Å². The number of aromatic nitrogens is 1. The van der Waals surface area contributed by atoms with Crippen LogP contribution in [0.15, 0.2) is 23.1 Å². The van der Waals surface area contributed by atoms with Crippen molar-refractivity contribution in [3.8, 4) is 0 Å². The number of nitrogens with zero attached hydrogens (tertiary/aromatic N) is 1. The van der Waals surface area contributed by atoms with Gasteiger partial charge in [0.2, 0.25) is 11.3 Å². The van der Waals surface area contributed by atoms with Crippen LogP contribution in [-0.2, 0) is 4.79 Å². The molecule has 2 N–H and O–H groups in total. The number of benzene rings is 1. The summed E-state index contributed by atoms with van der Waals surface area (Å²) in [7, 11) is 0. The van der Waals surface area contributed by atoms with Gasteiger partial charge in [0, 0.05) is 25.1 Å². The van der Waals surface area contributed by atoms with Crippen molar-refractivity contribution in [3.63, 3.8) is 0 Å². The quantitative estimate of drug-likeness (QED) is 0.888. The first-order valence-electron chi connectivity index (χ1n) is 8.21. The van der Waals surface area contributed by atoms with Gasteiger partial charge in [0.1, 0.15) is 5.56 Å². The number of anilines is 1. The van der Waals surface area contributed by atoms with Crippen molar-refractivity contribution >= 4 is 28.5 Å². The minimum Gasteiger partial charge on any atom is -0.477 e. The number of amides is 1. The van der Waals surface area contributed by atoms with Crippen LogP contribution in [0.4, 0.5) is 5.69 Å². The van der Waals surface area contributed by atoms with Crippen LogP contribution in [0.2, 0.25) is 0 Å². The number of nitrogens with one attached hydrogen (secondary N) is 1. The molecular weight excluding hydrogens is 308 g/mol. The van der Waals surface area contributed by atoms with Crippen LogP contribution in [0.3, 0.4) is 0 Å². The van der Waals surface area contributed by atoms with Gasteiger partial charge < -0.3 is 15.0 Å². The van der Waals surface area contributed by atoms with Gasteiger partial charge in [-0.2, -0.15) is 0 Å². The van der Waals surface area contributed by atoms with Gasteiger partial charge in [-0.05, 0) is 24.5 Å². The lowest BCUT2D eigenvalue weighted by Gasteiger charge is -2.27. The summed E-state index contributed by atoms with van der Waals surface area (Å²) in [4.78, 5) is 35.8. The number of rotatable bonds is 2. The monoisotopic (exact) mass is 326 g/mol. The fourth-order valence-corrected chi connectivity index (χ4v) is 4.33. The predicted molar refractivity (Wildman–Crippen MR) is 89.7 cm³/mol. The third-order valence-electron chi connectivity index (χ3n) is 5.23. The van der Waals surface area contributed by atoms with E-state index in [1.54, 1.807) is 6.07 Å². The number of hydrogen-bond acceptors (Lipinski definition) is 3. The minimum atomic E-state index is -1.23. The van der Waals surface area contributed by atoms with Crippen molar-refractivity contribution in [2.24, 2.45) is 0 Å². The van der Waals surface area contributed by atoms with E-state index in [4.69, 9.17) is 0 Å². The summed E-state index contributed by atoms with van der Waals surface area (Å²) >= 11 is 0. The first kappa shape index (κ1) is 14.9. The molecule has 2 aliphatic rings. The average Bonchev–Trinajstić information content (AvgIpc) is 2.85. The van der Waals surface area contributed by atoms with Crippen molar-refractivity contribution < 1.29 is 14.7 Å². The van der Waals surface area contributed by atoms with Gasteiger partial charge >= 0.3 is 5.97 Å². The van der Waals surface area contributed by atoms with Crippen LogP contribution >= 0.6 is 0 Å². The topological polar surface area (TPSA) is 88.4 Å². The maximum Gasteiger partial charge on any atom is 0.341 e. The second kappa shape index (κ2) is 5.19. The molecule has 1 fully saturated rings. The van der Waals surface area contributed by atoms with E-state index in [0.717, 1.165) is 36.8 Å². The third-order valence-corrected chi connectivity index (χ3v) is 5.23. The first-order chi connectivity index (χ1) is 11.5. The molecule has 2 heterocycles. The van der Waals surface area contributed by atoms with Gasteiger partial charge in [0.05, 0.1) is 16.6 Å². The fraction of sp³-hybridized carbons (Fsp3) is 0.389. The SMILES string of the molecule is CC(=O)Nc1ccc2c3c1c(=O)c(C(=O)O)cn3C1CCCCC21. The Kier molecular flexibility index (Phi) is 3.23. The molecule has 1 aromatic heterocycles. The van der Waals surface area contributed by atoms with E-state index in [2.05, 4.69) is 5.32 Å². The number of carbonyl (C=O) groups is 2. The summed E-state index contributed by atoms with van der Waals surface area (Å²) in [6.45, 7) is 1.37. The smallest absolute Gasteiger partial charge is 0.341 e. The van der Waals surface area contributed by atoms with E-state index < -0.39 is 11.4 Å². The Labute approximate surface area is 138 Å². The summed E-state index contributed by atoms with van der Waals surface area (Å²) in [5.41, 5.74) is 1.50. The Morgan fingerprint density at radius 1 is 1.25 bits per heavy atom. The van der Waals surface area contributed by atoms with Crippen molar-refractivity contribution in [2.75, 3.05) is 5.32 Å². The second-order valence-corrected chi connectivity index (χ2v) is 6.65. The lowest BCUT2D eigenvalue weighted by Crippen LogP contribution is -2.21. The molecular formula is C18H18N2O4. The van der Waals surface area contributed by atoms with Gasteiger partial charge in [0.25, 0.3) is 0 Å². The lowest BCUT2D eigenvalue weighted by molar-refractivity contribution is -0.114. The Balaban J connectivity index is 2.10. The van der Waals surface area contributed by atoms with Crippen LogP contribution in [-0.4, -0.2) is 21.6 Å². The number of pyridine rings is 1. The maximum absolute atomic E-state index is 12.8. The maximum atomic E-state index is 12.8. The molecule has 2 unspecified atom stereocenters. The predicted octanol–water partition coefficient (Wildman–Crippen LogP) is 2.87. The third kappa shape index (κ3) is 1.99. The molecule has 0 spiro atoms. The zero-order valence-electron chi connectivity index (χ0n) is 13.3. The van der Waals surface area contributed by atoms with E-state index >= 15 is 0 Å². The molecule has 2 aromatic rings. The Bertz CT molecular complexity index is 944. The van der Waals surface area contributed by atoms with Crippen molar-refractivity contribution in [1.29, 1.82) is 0 Å². The van der Waals surface area contributed by atoms with E-state index in [0.29, 0.717) is 17.0 Å². The van der Waals surface area contributed by atoms with Gasteiger partial charge in [-0.25, -0.2) is 4.79 Å². The zero-order chi connectivity index (χ0) is 17.0. The standard InChI is InChI=1S/C18H18N2O4/c1-9(21)19-13-7-6-11-10-4-2-3-5-14(10)20-8-12(18(23)24)17(22)15(13)16(11)20/h6-8,10,14H,2-5H2,1H3,(H,19,21)(H,23,24). The molecule has 0 saturated heterocycles. The molecule has 6 heteroatoms. The number of aromatic carboxylic acids is 1. The number of carbonyl (C=O) groups excluding carboxylic acids is 1. The largest absolute Gasteiger partial charge is 0.477 e. The normalized spacial score (nSPS) is 21.5. The molecule has 1 amide bonds. The highest BCUT2D eigenvalue weighted by atomic mass is 16.4. The van der Waals surface area contributed by atoms with Crippen molar-refractivity contribution in [3.05, 3.63) is 39.7 Å². The zero-order valence-corrected chi connectivity index (χ0v) is 13.3. The summed E-state index contributed by atoms with van der Waals surface area (Å²) in [6, 6.07) is 3.90. The van der Waals surface area contributed by atoms with E-state index in [9.17, 15) is 19.5 Å². The summed E-state index contributed by atoms with van der Waals surface area (Å²) in [6.07, 6.45) is 5.75. The minimum absolute atomic E-state index is 0.197. The molecule has 1 saturated carbocycles. The number of carboxylic acids is 1. The van der Waals surface area contributed by atoms with Crippen LogP contribution in [0, 0.1) is 0 Å². The van der Waals surface area contributed by atoms with Gasteiger partial charge in [0.15, 0.2) is 0 Å². The Hall–Kier alpha value is -2.63. The summed E-state index contributed by atoms with van der Waals surface area (Å²) < 4.78 is 1.96. The average molecular weight is 326 g/mol. The summed E-state index contributed by atoms with van der Waals surface area (Å²) in [5, 5.41) is 12.4. The number of hydrogen-bond donors (Lipinski definition) is 2. The van der Waals surface area contributed by atoms with Gasteiger partial charge in [-0.3, -0.25) is 9.59 Å². The highest BCUT2D eigenvalue weighted by Crippen LogP contribution is 2.49. The second-order valence-electron chi connectivity index (χ2n) is 6.65. The molecule has 0 radical (unpaired) electrons. The molecule has 1 aliphatic heterocycles. The van der Waals surface area contributed by atoms with Crippen LogP contribution in [0.1, 0.15) is 60.5 Å². The highest BCUT2D eigenvalue weighted by Gasteiger charge is 2.37. The molecule has 1 aromatic carbocycles. The molecule has 2 atom stereocenters. The molecule has 0 bridgehead atoms. The van der Waals surface area contributed by atoms with Gasteiger partial charge in [-0.15, -0.1) is 0 Å². The molecule has 4 rings (SSSR count). The molecule has 1 aliphatic carbocycles. The lowest BCUT2D eigenvalue weighted by atomic mass is 9.82. The highest BCUT2D eigenvalue weighted by molar-refractivity contribution is 6.04. The van der Waals surface area contributed by atoms with Crippen molar-refractivity contribution in [1.82, 2.24) is 4.57 Å². The Morgan fingerprint density at radius 3 is 2.71 bits per heavy atom. The van der Waals surface area contributed by atoms with E-state index in [1.807, 2.05) is 10.6 Å². The summed E-state index contributed by atoms with van der Waals surface area (Å²) in [5.74, 6) is -1.20. The van der Waals surface area contributed by atoms with E-state index in [1.165, 1.54) is 13.1 Å². The number of fused-ring (bicyclic) bond motifs is 3. The van der Waals surface area contributed by atoms with Crippen molar-refractivity contribution in [2.45, 2.75) is 44.6 Å². The number of carboxylic acid groups (broad SMARTS) is 1.